The summed E-state index contributed by atoms with van der Waals surface area (Å²) in [5.74, 6) is -5.43. The number of carbonyl (C=O) groups excluding carboxylic acids is 4. The summed E-state index contributed by atoms with van der Waals surface area (Å²) < 4.78 is 31.4. The summed E-state index contributed by atoms with van der Waals surface area (Å²) in [4.78, 5) is 84.8. The molecule has 8 rings (SSSR count). The lowest BCUT2D eigenvalue weighted by Crippen LogP contribution is -2.70. The molecular weight excluding hydrogens is 766 g/mol. The van der Waals surface area contributed by atoms with Crippen LogP contribution in [0.25, 0.3) is 0 Å². The second-order valence-corrected chi connectivity index (χ2v) is 17.0. The van der Waals surface area contributed by atoms with Crippen molar-refractivity contribution >= 4 is 75.8 Å². The third-order valence-electron chi connectivity index (χ3n) is 10.2. The van der Waals surface area contributed by atoms with Crippen LogP contribution in [-0.2, 0) is 36.9 Å². The molecule has 0 bridgehead atoms. The van der Waals surface area contributed by atoms with E-state index in [2.05, 4.69) is 10.2 Å². The lowest BCUT2D eigenvalue weighted by Gasteiger charge is -2.53. The third-order valence-corrected chi connectivity index (χ3v) is 13.8. The molecule has 2 amide bonds. The first-order valence-corrected chi connectivity index (χ1v) is 20.0. The van der Waals surface area contributed by atoms with Gasteiger partial charge >= 0.3 is 17.8 Å². The number of hydrogen-bond acceptors (Lipinski definition) is 15. The Kier molecular flexibility index (Phi) is 9.60. The first-order chi connectivity index (χ1) is 25.9. The van der Waals surface area contributed by atoms with Crippen LogP contribution in [0.3, 0.4) is 0 Å². The van der Waals surface area contributed by atoms with Crippen molar-refractivity contribution in [2.45, 2.75) is 49.0 Å². The molecule has 0 aliphatic carbocycles. The zero-order chi connectivity index (χ0) is 38.0. The number of thioether (sulfide) groups is 2. The summed E-state index contributed by atoms with van der Waals surface area (Å²) in [5.41, 5.74) is 0.790. The van der Waals surface area contributed by atoms with Gasteiger partial charge in [-0.25, -0.2) is 14.0 Å². The number of ether oxygens (including phenoxy) is 1. The van der Waals surface area contributed by atoms with Crippen molar-refractivity contribution in [3.8, 4) is 0 Å². The molecule has 0 radical (unpaired) electrons. The summed E-state index contributed by atoms with van der Waals surface area (Å²) in [7, 11) is 0. The van der Waals surface area contributed by atoms with Gasteiger partial charge in [0, 0.05) is 47.9 Å². The molecule has 2 N–H and O–H groups in total. The van der Waals surface area contributed by atoms with Crippen molar-refractivity contribution in [2.24, 2.45) is 5.92 Å². The maximum Gasteiger partial charge on any atom is 0.519 e. The first-order valence-electron chi connectivity index (χ1n) is 17.2. The smallest absolute Gasteiger partial charge is 0.477 e. The zero-order valence-electron chi connectivity index (χ0n) is 28.9. The minimum absolute atomic E-state index is 0.0607. The quantitative estimate of drug-likeness (QED) is 0.173. The van der Waals surface area contributed by atoms with E-state index in [1.54, 1.807) is 13.0 Å². The minimum Gasteiger partial charge on any atom is -0.477 e. The molecule has 15 nitrogen and oxygen atoms in total. The molecule has 3 unspecified atom stereocenters. The maximum atomic E-state index is 15.8. The van der Waals surface area contributed by atoms with Gasteiger partial charge in [-0.05, 0) is 37.4 Å². The molecule has 19 heteroatoms. The number of amides is 2. The molecule has 0 spiro atoms. The molecular formula is C35H34FN5O10S3. The van der Waals surface area contributed by atoms with E-state index in [1.807, 2.05) is 34.2 Å². The van der Waals surface area contributed by atoms with Crippen LogP contribution in [0, 0.1) is 18.7 Å². The highest BCUT2D eigenvalue weighted by atomic mass is 32.2. The minimum atomic E-state index is -1.38. The third kappa shape index (κ3) is 6.39. The number of anilines is 2. The highest BCUT2D eigenvalue weighted by molar-refractivity contribution is 8.02. The van der Waals surface area contributed by atoms with Gasteiger partial charge in [0.15, 0.2) is 11.5 Å². The van der Waals surface area contributed by atoms with Crippen LogP contribution in [0.2, 0.25) is 0 Å². The molecule has 5 aliphatic rings. The number of aliphatic carboxylic acids is 1. The zero-order valence-corrected chi connectivity index (χ0v) is 31.4. The van der Waals surface area contributed by atoms with E-state index in [0.29, 0.717) is 55.6 Å². The Balaban J connectivity index is 0.935. The maximum absolute atomic E-state index is 15.8. The number of aryl methyl sites for hydroxylation is 1. The number of β-lactam (4-membered cyclic amide) rings is 1. The van der Waals surface area contributed by atoms with Gasteiger partial charge in [0.25, 0.3) is 5.91 Å². The molecule has 0 saturated carbocycles. The van der Waals surface area contributed by atoms with E-state index < -0.39 is 64.6 Å². The Labute approximate surface area is 319 Å². The van der Waals surface area contributed by atoms with Gasteiger partial charge in [-0.3, -0.25) is 29.0 Å². The number of Topliss-reactive ketones (excluding diaryl/α,β-unsaturated/α-hetero) is 1. The van der Waals surface area contributed by atoms with Gasteiger partial charge < -0.3 is 33.8 Å². The molecule has 7 heterocycles. The lowest BCUT2D eigenvalue weighted by atomic mass is 9.89. The second-order valence-electron chi connectivity index (χ2n) is 13.5. The van der Waals surface area contributed by atoms with Crippen molar-refractivity contribution in [3.63, 3.8) is 0 Å². The van der Waals surface area contributed by atoms with Gasteiger partial charge in [-0.1, -0.05) is 6.07 Å². The van der Waals surface area contributed by atoms with E-state index in [-0.39, 0.29) is 40.3 Å². The SMILES string of the molecule is Cc1oc(=O)oc1CN1CCN(c2cc3c(cc2F)C(=O)C(C(=O)OCC2=C(C(=O)O)N4C(=O)[C@@H](NC(=O)Cc5cccs5)[C@H]4SC2)C2SC(C)N32)CC1. The number of ketones is 1. The molecule has 3 saturated heterocycles. The normalized spacial score (nSPS) is 25.0. The van der Waals surface area contributed by atoms with Crippen LogP contribution in [0.5, 0.6) is 0 Å². The molecule has 54 heavy (non-hydrogen) atoms. The summed E-state index contributed by atoms with van der Waals surface area (Å²) in [6.07, 6.45) is 0.101. The second kappa shape index (κ2) is 14.2. The van der Waals surface area contributed by atoms with Crippen LogP contribution in [0.4, 0.5) is 15.8 Å². The summed E-state index contributed by atoms with van der Waals surface area (Å²) >= 11 is 4.06. The predicted octanol–water partition coefficient (Wildman–Crippen LogP) is 2.63. The number of thiophene rings is 1. The number of carbonyl (C=O) groups is 5. The molecule has 1 aromatic carbocycles. The van der Waals surface area contributed by atoms with E-state index in [0.717, 1.165) is 9.78 Å². The van der Waals surface area contributed by atoms with Crippen molar-refractivity contribution in [1.82, 2.24) is 15.1 Å². The van der Waals surface area contributed by atoms with Crippen molar-refractivity contribution < 1.29 is 47.0 Å². The summed E-state index contributed by atoms with van der Waals surface area (Å²) in [5, 5.41) is 13.3. The monoisotopic (exact) mass is 799 g/mol. The van der Waals surface area contributed by atoms with Gasteiger partial charge in [0.05, 0.1) is 35.1 Å². The number of carboxylic acid groups (broad SMARTS) is 1. The van der Waals surface area contributed by atoms with Crippen molar-refractivity contribution in [1.29, 1.82) is 0 Å². The van der Waals surface area contributed by atoms with E-state index in [9.17, 15) is 33.9 Å². The number of nitrogens with one attached hydrogen (secondary N) is 1. The number of piperazine rings is 1. The number of carboxylic acids is 1. The fourth-order valence-corrected chi connectivity index (χ4v) is 10.9. The number of esters is 1. The molecule has 2 aromatic heterocycles. The van der Waals surface area contributed by atoms with Gasteiger partial charge in [0.2, 0.25) is 5.91 Å². The van der Waals surface area contributed by atoms with Crippen LogP contribution in [0.1, 0.15) is 33.7 Å². The molecule has 5 atom stereocenters. The average molecular weight is 800 g/mol. The molecule has 3 fully saturated rings. The molecule has 3 aromatic rings. The Morgan fingerprint density at radius 1 is 1.07 bits per heavy atom. The number of halogens is 1. The highest BCUT2D eigenvalue weighted by Gasteiger charge is 2.56. The van der Waals surface area contributed by atoms with Crippen molar-refractivity contribution in [3.05, 3.63) is 79.3 Å². The largest absolute Gasteiger partial charge is 0.519 e. The summed E-state index contributed by atoms with van der Waals surface area (Å²) in [6.45, 7) is 5.59. The Morgan fingerprint density at radius 2 is 1.85 bits per heavy atom. The van der Waals surface area contributed by atoms with Crippen molar-refractivity contribution in [2.75, 3.05) is 48.3 Å². The van der Waals surface area contributed by atoms with Crippen LogP contribution < -0.4 is 20.9 Å². The first kappa shape index (κ1) is 36.4. The number of rotatable bonds is 10. The van der Waals surface area contributed by atoms with Crippen LogP contribution in [0.15, 0.2) is 54.5 Å². The van der Waals surface area contributed by atoms with Crippen LogP contribution >= 0.6 is 34.9 Å². The van der Waals surface area contributed by atoms with E-state index >= 15 is 4.39 Å². The highest BCUT2D eigenvalue weighted by Crippen LogP contribution is 2.52. The fraction of sp³-hybridized carbons (Fsp3) is 0.429. The Morgan fingerprint density at radius 3 is 2.52 bits per heavy atom. The number of nitrogens with zero attached hydrogens (tertiary/aromatic N) is 4. The average Bonchev–Trinajstić information content (AvgIpc) is 3.76. The van der Waals surface area contributed by atoms with E-state index in [1.165, 1.54) is 40.9 Å². The van der Waals surface area contributed by atoms with Gasteiger partial charge in [-0.2, -0.15) is 0 Å². The van der Waals surface area contributed by atoms with Crippen LogP contribution in [-0.4, -0.2) is 105 Å². The van der Waals surface area contributed by atoms with Gasteiger partial charge in [-0.15, -0.1) is 34.9 Å². The summed E-state index contributed by atoms with van der Waals surface area (Å²) in [6, 6.07) is 5.56. The molecule has 5 aliphatic heterocycles. The van der Waals surface area contributed by atoms with Gasteiger partial charge in [0.1, 0.15) is 41.2 Å². The van der Waals surface area contributed by atoms with E-state index in [4.69, 9.17) is 13.6 Å². The predicted molar refractivity (Wildman–Crippen MR) is 196 cm³/mol. The number of fused-ring (bicyclic) bond motifs is 4. The Bertz CT molecular complexity index is 2150. The lowest BCUT2D eigenvalue weighted by molar-refractivity contribution is -0.151. The standard InChI is InChI=1S/C35H34FN5O10S3/c1-16-24(51-35(48)50-16)13-38-5-7-39(8-6-38)23-12-22-20(11-21(23)36)29(43)26(31-40(22)17(2)54-31)34(47)49-14-18-15-53-32-27(30(44)41(32)28(18)33(45)46)37-25(42)10-19-4-3-9-52-19/h3-4,9,11-12,17,26-27,31-32H,5-8,10,13-15H2,1-2H3,(H,37,42)(H,45,46)/t17?,26?,27-,31?,32-/m1/s1. The fourth-order valence-electron chi connectivity index (χ4n) is 7.48. The number of hydrogen-bond donors (Lipinski definition) is 2. The molecule has 284 valence electrons. The Hall–Kier alpha value is -4.59. The topological polar surface area (TPSA) is 183 Å². The number of benzene rings is 1.